The van der Waals surface area contributed by atoms with Crippen molar-refractivity contribution in [3.63, 3.8) is 0 Å². The Morgan fingerprint density at radius 2 is 2.06 bits per heavy atom. The topological polar surface area (TPSA) is 49.3 Å². The van der Waals surface area contributed by atoms with Gasteiger partial charge in [-0.05, 0) is 25.0 Å². The van der Waals surface area contributed by atoms with Crippen LogP contribution in [0.1, 0.15) is 25.7 Å². The van der Waals surface area contributed by atoms with Gasteiger partial charge in [-0.15, -0.1) is 11.8 Å². The summed E-state index contributed by atoms with van der Waals surface area (Å²) in [6, 6.07) is 7.46. The van der Waals surface area contributed by atoms with E-state index in [1.165, 1.54) is 24.6 Å². The first-order chi connectivity index (χ1) is 8.25. The molecule has 0 unspecified atom stereocenters. The summed E-state index contributed by atoms with van der Waals surface area (Å²) in [7, 11) is 0. The van der Waals surface area contributed by atoms with E-state index in [9.17, 15) is 9.90 Å². The van der Waals surface area contributed by atoms with Gasteiger partial charge in [0.15, 0.2) is 0 Å². The molecule has 0 spiro atoms. The van der Waals surface area contributed by atoms with Gasteiger partial charge in [-0.3, -0.25) is 4.79 Å². The van der Waals surface area contributed by atoms with Crippen molar-refractivity contribution in [2.75, 3.05) is 5.75 Å². The van der Waals surface area contributed by atoms with Crippen molar-refractivity contribution in [2.45, 2.75) is 36.6 Å². The Morgan fingerprint density at radius 1 is 1.35 bits per heavy atom. The fraction of sp³-hybridized carbons (Fsp3) is 0.462. The number of aromatic hydroxyl groups is 1. The number of hydrogen-bond donors (Lipinski definition) is 2. The van der Waals surface area contributed by atoms with Crippen LogP contribution >= 0.6 is 11.8 Å². The molecule has 0 aliphatic heterocycles. The molecule has 1 aromatic rings. The third-order valence-corrected chi connectivity index (χ3v) is 4.01. The quantitative estimate of drug-likeness (QED) is 0.809. The van der Waals surface area contributed by atoms with Crippen molar-refractivity contribution in [3.8, 4) is 5.75 Å². The second-order valence-corrected chi connectivity index (χ2v) is 5.32. The number of carbonyl (C=O) groups is 1. The SMILES string of the molecule is O=C(CSc1ccccc1O)NC1CCCC1. The number of phenolic OH excluding ortho intramolecular Hbond substituents is 1. The van der Waals surface area contributed by atoms with Gasteiger partial charge in [-0.1, -0.05) is 25.0 Å². The molecule has 0 heterocycles. The van der Waals surface area contributed by atoms with Crippen molar-refractivity contribution >= 4 is 17.7 Å². The standard InChI is InChI=1S/C13H17NO2S/c15-11-7-3-4-8-12(11)17-9-13(16)14-10-5-1-2-6-10/h3-4,7-8,10,15H,1-2,5-6,9H2,(H,14,16). The van der Waals surface area contributed by atoms with Gasteiger partial charge in [-0.25, -0.2) is 0 Å². The molecular formula is C13H17NO2S. The van der Waals surface area contributed by atoms with Gasteiger partial charge in [0, 0.05) is 10.9 Å². The minimum Gasteiger partial charge on any atom is -0.507 e. The molecule has 0 aromatic heterocycles. The number of benzene rings is 1. The van der Waals surface area contributed by atoms with E-state index in [1.807, 2.05) is 12.1 Å². The van der Waals surface area contributed by atoms with Crippen LogP contribution < -0.4 is 5.32 Å². The number of para-hydroxylation sites is 1. The summed E-state index contributed by atoms with van der Waals surface area (Å²) >= 11 is 1.38. The second kappa shape index (κ2) is 5.96. The first-order valence-corrected chi connectivity index (χ1v) is 6.94. The van der Waals surface area contributed by atoms with E-state index < -0.39 is 0 Å². The fourth-order valence-corrected chi connectivity index (χ4v) is 2.82. The maximum Gasteiger partial charge on any atom is 0.230 e. The van der Waals surface area contributed by atoms with E-state index >= 15 is 0 Å². The molecule has 0 radical (unpaired) electrons. The number of thioether (sulfide) groups is 1. The zero-order valence-corrected chi connectivity index (χ0v) is 10.5. The number of nitrogens with one attached hydrogen (secondary N) is 1. The summed E-state index contributed by atoms with van der Waals surface area (Å²) in [5.74, 6) is 0.671. The van der Waals surface area contributed by atoms with Gasteiger partial charge in [-0.2, -0.15) is 0 Å². The number of phenols is 1. The first kappa shape index (κ1) is 12.3. The van der Waals surface area contributed by atoms with Crippen LogP contribution in [0, 0.1) is 0 Å². The van der Waals surface area contributed by atoms with Crippen LogP contribution in [-0.4, -0.2) is 22.8 Å². The minimum atomic E-state index is 0.0603. The lowest BCUT2D eigenvalue weighted by atomic mass is 10.2. The average molecular weight is 251 g/mol. The van der Waals surface area contributed by atoms with Gasteiger partial charge in [0.1, 0.15) is 5.75 Å². The summed E-state index contributed by atoms with van der Waals surface area (Å²) in [4.78, 5) is 12.4. The fourth-order valence-electron chi connectivity index (χ4n) is 2.06. The van der Waals surface area contributed by atoms with E-state index in [1.54, 1.807) is 12.1 Å². The maximum absolute atomic E-state index is 11.7. The molecule has 1 saturated carbocycles. The highest BCUT2D eigenvalue weighted by Crippen LogP contribution is 2.27. The van der Waals surface area contributed by atoms with Gasteiger partial charge in [0.2, 0.25) is 5.91 Å². The molecule has 2 N–H and O–H groups in total. The Labute approximate surface area is 106 Å². The largest absolute Gasteiger partial charge is 0.507 e. The van der Waals surface area contributed by atoms with Gasteiger partial charge < -0.3 is 10.4 Å². The van der Waals surface area contributed by atoms with Crippen LogP contribution in [-0.2, 0) is 4.79 Å². The molecular weight excluding hydrogens is 234 g/mol. The Morgan fingerprint density at radius 3 is 2.76 bits per heavy atom. The highest BCUT2D eigenvalue weighted by atomic mass is 32.2. The number of hydrogen-bond acceptors (Lipinski definition) is 3. The summed E-state index contributed by atoms with van der Waals surface area (Å²) in [5, 5.41) is 12.6. The van der Waals surface area contributed by atoms with Crippen LogP contribution in [0.4, 0.5) is 0 Å². The predicted molar refractivity (Wildman–Crippen MR) is 69.2 cm³/mol. The average Bonchev–Trinajstić information content (AvgIpc) is 2.81. The predicted octanol–water partition coefficient (Wildman–Crippen LogP) is 2.54. The van der Waals surface area contributed by atoms with E-state index in [2.05, 4.69) is 5.32 Å². The molecule has 0 saturated heterocycles. The van der Waals surface area contributed by atoms with Crippen LogP contribution in [0.15, 0.2) is 29.2 Å². The molecule has 3 nitrogen and oxygen atoms in total. The van der Waals surface area contributed by atoms with E-state index in [0.717, 1.165) is 17.7 Å². The molecule has 92 valence electrons. The molecule has 1 amide bonds. The Hall–Kier alpha value is -1.16. The Kier molecular flexibility index (Phi) is 4.31. The lowest BCUT2D eigenvalue weighted by molar-refractivity contribution is -0.119. The summed E-state index contributed by atoms with van der Waals surface area (Å²) in [5.41, 5.74) is 0. The van der Waals surface area contributed by atoms with Crippen LogP contribution in [0.25, 0.3) is 0 Å². The normalized spacial score (nSPS) is 16.0. The van der Waals surface area contributed by atoms with Gasteiger partial charge in [0.05, 0.1) is 5.75 Å². The smallest absolute Gasteiger partial charge is 0.230 e. The third kappa shape index (κ3) is 3.66. The molecule has 1 aliphatic rings. The highest BCUT2D eigenvalue weighted by Gasteiger charge is 2.17. The third-order valence-electron chi connectivity index (χ3n) is 2.94. The summed E-state index contributed by atoms with van der Waals surface area (Å²) < 4.78 is 0. The first-order valence-electron chi connectivity index (χ1n) is 5.96. The van der Waals surface area contributed by atoms with Crippen LogP contribution in [0.3, 0.4) is 0 Å². The van der Waals surface area contributed by atoms with E-state index in [0.29, 0.717) is 11.8 Å². The zero-order valence-electron chi connectivity index (χ0n) is 9.69. The van der Waals surface area contributed by atoms with E-state index in [4.69, 9.17) is 0 Å². The lowest BCUT2D eigenvalue weighted by Gasteiger charge is -2.11. The van der Waals surface area contributed by atoms with Crippen molar-refractivity contribution in [3.05, 3.63) is 24.3 Å². The zero-order chi connectivity index (χ0) is 12.1. The van der Waals surface area contributed by atoms with Crippen LogP contribution in [0.2, 0.25) is 0 Å². The monoisotopic (exact) mass is 251 g/mol. The molecule has 0 bridgehead atoms. The van der Waals surface area contributed by atoms with Crippen LogP contribution in [0.5, 0.6) is 5.75 Å². The number of carbonyl (C=O) groups excluding carboxylic acids is 1. The van der Waals surface area contributed by atoms with Crippen molar-refractivity contribution in [2.24, 2.45) is 0 Å². The number of amides is 1. The Bertz CT molecular complexity index is 389. The molecule has 1 fully saturated rings. The van der Waals surface area contributed by atoms with Crippen molar-refractivity contribution < 1.29 is 9.90 Å². The molecule has 0 atom stereocenters. The highest BCUT2D eigenvalue weighted by molar-refractivity contribution is 8.00. The second-order valence-electron chi connectivity index (χ2n) is 4.31. The van der Waals surface area contributed by atoms with Gasteiger partial charge >= 0.3 is 0 Å². The van der Waals surface area contributed by atoms with E-state index in [-0.39, 0.29) is 11.7 Å². The number of rotatable bonds is 4. The molecule has 1 aromatic carbocycles. The van der Waals surface area contributed by atoms with Gasteiger partial charge in [0.25, 0.3) is 0 Å². The molecule has 1 aliphatic carbocycles. The lowest BCUT2D eigenvalue weighted by Crippen LogP contribution is -2.33. The minimum absolute atomic E-state index is 0.0603. The maximum atomic E-state index is 11.7. The summed E-state index contributed by atoms with van der Waals surface area (Å²) in [6.45, 7) is 0. The molecule has 2 rings (SSSR count). The molecule has 17 heavy (non-hydrogen) atoms. The Balaban J connectivity index is 1.77. The molecule has 4 heteroatoms. The van der Waals surface area contributed by atoms with Crippen molar-refractivity contribution in [1.29, 1.82) is 0 Å². The summed E-state index contributed by atoms with van der Waals surface area (Å²) in [6.07, 6.45) is 4.65. The van der Waals surface area contributed by atoms with Crippen molar-refractivity contribution in [1.82, 2.24) is 5.32 Å².